The van der Waals surface area contributed by atoms with Crippen LogP contribution in [0.3, 0.4) is 0 Å². The molecule has 0 fully saturated rings. The molecule has 3 aromatic carbocycles. The van der Waals surface area contributed by atoms with Crippen LogP contribution >= 0.6 is 0 Å². The summed E-state index contributed by atoms with van der Waals surface area (Å²) < 4.78 is 34.0. The summed E-state index contributed by atoms with van der Waals surface area (Å²) in [6, 6.07) is 20.1. The number of fused-ring (bicyclic) bond motifs is 1. The zero-order valence-electron chi connectivity index (χ0n) is 24.6. The minimum absolute atomic E-state index is 0.187. The van der Waals surface area contributed by atoms with Crippen molar-refractivity contribution < 1.29 is 27.9 Å². The van der Waals surface area contributed by atoms with Gasteiger partial charge in [0.15, 0.2) is 0 Å². The van der Waals surface area contributed by atoms with Crippen molar-refractivity contribution in [2.45, 2.75) is 51.7 Å². The number of hydrogen-bond acceptors (Lipinski definition) is 8. The first-order chi connectivity index (χ1) is 20.4. The number of rotatable bonds is 13. The molecule has 4 atom stereocenters. The average molecular weight is 609 g/mol. The maximum absolute atomic E-state index is 13.2. The van der Waals surface area contributed by atoms with E-state index < -0.39 is 45.7 Å². The Bertz CT molecular complexity index is 1510. The standard InChI is InChI=1S/C32H40N4O6S/c1-20(2)18-34-24-10-12-25(13-11-24)36-43(40,41)19-29(37)28(15-22-7-5-4-6-8-22)35-31(38)17-27-21(3)26-14-9-23(33)16-30(26)42-32(27)39/h4-14,16,20-21,27-29,34,36-37H,15,17-19,33H2,1-3H3,(H,35,38)/t21?,27?,28-,29-/m0/s1. The third kappa shape index (κ3) is 8.95. The molecule has 0 saturated carbocycles. The van der Waals surface area contributed by atoms with E-state index in [0.717, 1.165) is 23.4 Å². The van der Waals surface area contributed by atoms with E-state index in [1.807, 2.05) is 37.3 Å². The van der Waals surface area contributed by atoms with Gasteiger partial charge >= 0.3 is 5.97 Å². The maximum atomic E-state index is 13.2. The van der Waals surface area contributed by atoms with E-state index in [2.05, 4.69) is 29.2 Å². The fourth-order valence-electron chi connectivity index (χ4n) is 5.04. The molecule has 230 valence electrons. The summed E-state index contributed by atoms with van der Waals surface area (Å²) in [5.41, 5.74) is 9.09. The van der Waals surface area contributed by atoms with Gasteiger partial charge < -0.3 is 26.2 Å². The summed E-state index contributed by atoms with van der Waals surface area (Å²) in [7, 11) is -3.98. The molecule has 0 bridgehead atoms. The topological polar surface area (TPSA) is 160 Å². The molecule has 1 heterocycles. The lowest BCUT2D eigenvalue weighted by Gasteiger charge is -2.30. The molecule has 1 aliphatic rings. The molecule has 2 unspecified atom stereocenters. The second-order valence-corrected chi connectivity index (χ2v) is 13.3. The molecule has 0 aromatic heterocycles. The minimum Gasteiger partial charge on any atom is -0.426 e. The number of ether oxygens (including phenoxy) is 1. The first-order valence-electron chi connectivity index (χ1n) is 14.4. The van der Waals surface area contributed by atoms with Gasteiger partial charge in [0.2, 0.25) is 15.9 Å². The second-order valence-electron chi connectivity index (χ2n) is 11.5. The van der Waals surface area contributed by atoms with Crippen LogP contribution in [0.2, 0.25) is 0 Å². The van der Waals surface area contributed by atoms with E-state index in [0.29, 0.717) is 23.0 Å². The van der Waals surface area contributed by atoms with Gasteiger partial charge in [-0.3, -0.25) is 14.3 Å². The van der Waals surface area contributed by atoms with Gasteiger partial charge in [-0.25, -0.2) is 8.42 Å². The molecule has 3 aromatic rings. The molecule has 0 aliphatic carbocycles. The number of benzene rings is 3. The van der Waals surface area contributed by atoms with Gasteiger partial charge in [-0.05, 0) is 59.7 Å². The van der Waals surface area contributed by atoms with E-state index >= 15 is 0 Å². The van der Waals surface area contributed by atoms with Gasteiger partial charge in [0.25, 0.3) is 0 Å². The Labute approximate surface area is 253 Å². The summed E-state index contributed by atoms with van der Waals surface area (Å²) in [5.74, 6) is -1.91. The van der Waals surface area contributed by atoms with Crippen LogP contribution in [-0.2, 0) is 26.0 Å². The average Bonchev–Trinajstić information content (AvgIpc) is 2.94. The Morgan fingerprint density at radius 3 is 2.37 bits per heavy atom. The van der Waals surface area contributed by atoms with Gasteiger partial charge in [-0.1, -0.05) is 57.2 Å². The molecule has 1 aliphatic heterocycles. The van der Waals surface area contributed by atoms with E-state index in [4.69, 9.17) is 10.5 Å². The van der Waals surface area contributed by atoms with E-state index in [9.17, 15) is 23.1 Å². The number of nitrogens with one attached hydrogen (secondary N) is 3. The number of carbonyl (C=O) groups excluding carboxylic acids is 2. The maximum Gasteiger partial charge on any atom is 0.315 e. The van der Waals surface area contributed by atoms with Crippen molar-refractivity contribution in [3.05, 3.63) is 83.9 Å². The molecule has 0 saturated heterocycles. The number of aliphatic hydroxyl groups is 1. The molecular weight excluding hydrogens is 568 g/mol. The predicted molar refractivity (Wildman–Crippen MR) is 168 cm³/mol. The zero-order valence-corrected chi connectivity index (χ0v) is 25.4. The highest BCUT2D eigenvalue weighted by atomic mass is 32.2. The summed E-state index contributed by atoms with van der Waals surface area (Å²) in [6.07, 6.45) is -1.44. The number of amides is 1. The Morgan fingerprint density at radius 2 is 1.70 bits per heavy atom. The van der Waals surface area contributed by atoms with Crippen molar-refractivity contribution in [1.82, 2.24) is 5.32 Å². The van der Waals surface area contributed by atoms with Crippen molar-refractivity contribution >= 4 is 39.0 Å². The minimum atomic E-state index is -3.98. The number of sulfonamides is 1. The van der Waals surface area contributed by atoms with Crippen molar-refractivity contribution in [2.24, 2.45) is 11.8 Å². The molecule has 10 nitrogen and oxygen atoms in total. The van der Waals surface area contributed by atoms with Crippen LogP contribution in [0.1, 0.15) is 44.2 Å². The highest BCUT2D eigenvalue weighted by Crippen LogP contribution is 2.39. The SMILES string of the molecule is CC(C)CNc1ccc(NS(=O)(=O)C[C@H](O)[C@H](Cc2ccccc2)NC(=O)CC2C(=O)Oc3cc(N)ccc3C2C)cc1. The van der Waals surface area contributed by atoms with Gasteiger partial charge in [-0.15, -0.1) is 0 Å². The molecule has 6 N–H and O–H groups in total. The van der Waals surface area contributed by atoms with Crippen LogP contribution < -0.4 is 25.8 Å². The third-order valence-corrected chi connectivity index (χ3v) is 8.75. The van der Waals surface area contributed by atoms with Crippen LogP contribution in [0.4, 0.5) is 17.1 Å². The van der Waals surface area contributed by atoms with Crippen LogP contribution in [-0.4, -0.2) is 49.8 Å². The molecule has 0 radical (unpaired) electrons. The molecule has 4 rings (SSSR count). The fourth-order valence-corrected chi connectivity index (χ4v) is 6.30. The Morgan fingerprint density at radius 1 is 1.02 bits per heavy atom. The third-order valence-electron chi connectivity index (χ3n) is 7.42. The van der Waals surface area contributed by atoms with Crippen molar-refractivity contribution in [3.8, 4) is 5.75 Å². The van der Waals surface area contributed by atoms with Gasteiger partial charge in [0.05, 0.1) is 23.8 Å². The Hall–Kier alpha value is -4.09. The summed E-state index contributed by atoms with van der Waals surface area (Å²) in [4.78, 5) is 26.0. The van der Waals surface area contributed by atoms with Crippen LogP contribution in [0, 0.1) is 11.8 Å². The van der Waals surface area contributed by atoms with Gasteiger partial charge in [-0.2, -0.15) is 0 Å². The lowest BCUT2D eigenvalue weighted by atomic mass is 9.82. The predicted octanol–water partition coefficient (Wildman–Crippen LogP) is 3.90. The van der Waals surface area contributed by atoms with Crippen molar-refractivity contribution in [1.29, 1.82) is 0 Å². The first kappa shape index (κ1) is 31.8. The van der Waals surface area contributed by atoms with Crippen molar-refractivity contribution in [3.63, 3.8) is 0 Å². The number of anilines is 3. The number of aliphatic hydroxyl groups excluding tert-OH is 1. The normalized spacial score (nSPS) is 17.8. The number of nitrogen functional groups attached to an aromatic ring is 1. The van der Waals surface area contributed by atoms with Crippen LogP contribution in [0.25, 0.3) is 0 Å². The van der Waals surface area contributed by atoms with Crippen molar-refractivity contribution in [2.75, 3.05) is 28.1 Å². The highest BCUT2D eigenvalue weighted by Gasteiger charge is 2.37. The smallest absolute Gasteiger partial charge is 0.315 e. The molecule has 43 heavy (non-hydrogen) atoms. The molecule has 11 heteroatoms. The molecule has 0 spiro atoms. The Balaban J connectivity index is 1.43. The number of hydrogen-bond donors (Lipinski definition) is 5. The number of esters is 1. The number of carbonyl (C=O) groups is 2. The second kappa shape index (κ2) is 13.9. The van der Waals surface area contributed by atoms with E-state index in [-0.39, 0.29) is 18.8 Å². The largest absolute Gasteiger partial charge is 0.426 e. The van der Waals surface area contributed by atoms with Gasteiger partial charge in [0.1, 0.15) is 5.75 Å². The van der Waals surface area contributed by atoms with Crippen LogP contribution in [0.5, 0.6) is 5.75 Å². The zero-order chi connectivity index (χ0) is 31.1. The summed E-state index contributed by atoms with van der Waals surface area (Å²) in [6.45, 7) is 6.81. The lowest BCUT2D eigenvalue weighted by molar-refractivity contribution is -0.143. The lowest BCUT2D eigenvalue weighted by Crippen LogP contribution is -2.49. The summed E-state index contributed by atoms with van der Waals surface area (Å²) >= 11 is 0. The summed E-state index contributed by atoms with van der Waals surface area (Å²) in [5, 5.41) is 17.2. The Kier molecular flexibility index (Phi) is 10.3. The molecular formula is C32H40N4O6S. The quantitative estimate of drug-likeness (QED) is 0.111. The van der Waals surface area contributed by atoms with Crippen LogP contribution in [0.15, 0.2) is 72.8 Å². The fraction of sp³-hybridized carbons (Fsp3) is 0.375. The monoisotopic (exact) mass is 608 g/mol. The number of nitrogens with two attached hydrogens (primary N) is 1. The first-order valence-corrected chi connectivity index (χ1v) is 16.0. The van der Waals surface area contributed by atoms with Gasteiger partial charge in [0, 0.05) is 36.1 Å². The molecule has 1 amide bonds. The van der Waals surface area contributed by atoms with E-state index in [1.165, 1.54) is 0 Å². The highest BCUT2D eigenvalue weighted by molar-refractivity contribution is 7.92. The van der Waals surface area contributed by atoms with E-state index in [1.54, 1.807) is 42.5 Å².